The van der Waals surface area contributed by atoms with Gasteiger partial charge in [0.2, 0.25) is 0 Å². The van der Waals surface area contributed by atoms with Gasteiger partial charge < -0.3 is 9.47 Å². The molecular formula is C13H16O4. The molecule has 0 aromatic carbocycles. The summed E-state index contributed by atoms with van der Waals surface area (Å²) in [5, 5.41) is 0. The molecule has 0 spiro atoms. The summed E-state index contributed by atoms with van der Waals surface area (Å²) in [4.78, 5) is 22.3. The molecule has 0 saturated heterocycles. The van der Waals surface area contributed by atoms with Crippen LogP contribution in [0.25, 0.3) is 0 Å². The first-order chi connectivity index (χ1) is 7.99. The topological polar surface area (TPSA) is 52.6 Å². The molecule has 2 unspecified atom stereocenters. The predicted molar refractivity (Wildman–Crippen MR) is 62.6 cm³/mol. The molecule has 0 aromatic rings. The highest BCUT2D eigenvalue weighted by Crippen LogP contribution is 2.03. The molecule has 0 saturated carbocycles. The number of esters is 2. The Kier molecular flexibility index (Phi) is 7.30. The van der Waals surface area contributed by atoms with Gasteiger partial charge in [0.25, 0.3) is 0 Å². The van der Waals surface area contributed by atoms with Crippen molar-refractivity contribution >= 4 is 11.9 Å². The number of terminal acetylenes is 2. The predicted octanol–water partition coefficient (Wildman–Crippen LogP) is 1.29. The third kappa shape index (κ3) is 7.93. The van der Waals surface area contributed by atoms with Gasteiger partial charge in [-0.25, -0.2) is 0 Å². The quantitative estimate of drug-likeness (QED) is 0.515. The van der Waals surface area contributed by atoms with Crippen LogP contribution in [0.15, 0.2) is 0 Å². The molecule has 17 heavy (non-hydrogen) atoms. The van der Waals surface area contributed by atoms with Crippen LogP contribution in [0.4, 0.5) is 0 Å². The van der Waals surface area contributed by atoms with Crippen molar-refractivity contribution in [2.45, 2.75) is 45.3 Å². The summed E-state index contributed by atoms with van der Waals surface area (Å²) >= 11 is 0. The molecule has 0 N–H and O–H groups in total. The Morgan fingerprint density at radius 3 is 1.65 bits per heavy atom. The maximum atomic E-state index is 11.2. The zero-order chi connectivity index (χ0) is 13.3. The number of hydrogen-bond acceptors (Lipinski definition) is 4. The first-order valence-electron chi connectivity index (χ1n) is 5.30. The fourth-order valence-electron chi connectivity index (χ4n) is 0.957. The average molecular weight is 236 g/mol. The van der Waals surface area contributed by atoms with Crippen LogP contribution in [0.3, 0.4) is 0 Å². The van der Waals surface area contributed by atoms with Crippen LogP contribution >= 0.6 is 0 Å². The van der Waals surface area contributed by atoms with Crippen molar-refractivity contribution in [2.24, 2.45) is 0 Å². The first kappa shape index (κ1) is 15.1. The van der Waals surface area contributed by atoms with E-state index in [4.69, 9.17) is 22.3 Å². The molecule has 0 aliphatic heterocycles. The third-order valence-electron chi connectivity index (χ3n) is 1.85. The molecule has 0 heterocycles. The number of carbonyl (C=O) groups is 2. The van der Waals surface area contributed by atoms with E-state index in [9.17, 15) is 9.59 Å². The monoisotopic (exact) mass is 236 g/mol. The molecule has 4 nitrogen and oxygen atoms in total. The maximum Gasteiger partial charge on any atom is 0.307 e. The standard InChI is InChI=1S/C13H16O4/c1-5-10(3)16-12(14)8-7-9-13(15)17-11(4)6-2/h1-2,10-11H,7-9H2,3-4H3. The van der Waals surface area contributed by atoms with Crippen molar-refractivity contribution in [2.75, 3.05) is 0 Å². The summed E-state index contributed by atoms with van der Waals surface area (Å²) in [6, 6.07) is 0. The Labute approximate surface area is 102 Å². The summed E-state index contributed by atoms with van der Waals surface area (Å²) in [7, 11) is 0. The molecule has 2 atom stereocenters. The van der Waals surface area contributed by atoms with Crippen LogP contribution in [0.5, 0.6) is 0 Å². The Bertz CT molecular complexity index is 311. The van der Waals surface area contributed by atoms with Crippen molar-refractivity contribution in [1.29, 1.82) is 0 Å². The minimum atomic E-state index is -0.545. The normalized spacial score (nSPS) is 12.7. The van der Waals surface area contributed by atoms with Crippen LogP contribution in [0.2, 0.25) is 0 Å². The van der Waals surface area contributed by atoms with Crippen LogP contribution in [-0.2, 0) is 19.1 Å². The second-order valence-corrected chi connectivity index (χ2v) is 3.45. The van der Waals surface area contributed by atoms with Crippen molar-refractivity contribution in [1.82, 2.24) is 0 Å². The van der Waals surface area contributed by atoms with E-state index in [-0.39, 0.29) is 12.8 Å². The molecule has 0 radical (unpaired) electrons. The smallest absolute Gasteiger partial charge is 0.307 e. The molecule has 0 bridgehead atoms. The first-order valence-corrected chi connectivity index (χ1v) is 5.30. The van der Waals surface area contributed by atoms with Gasteiger partial charge in [0.1, 0.15) is 0 Å². The van der Waals surface area contributed by atoms with Crippen LogP contribution < -0.4 is 0 Å². The van der Waals surface area contributed by atoms with Gasteiger partial charge in [-0.05, 0) is 20.3 Å². The largest absolute Gasteiger partial charge is 0.449 e. The van der Waals surface area contributed by atoms with Gasteiger partial charge in [0.05, 0.1) is 0 Å². The van der Waals surface area contributed by atoms with Gasteiger partial charge in [-0.3, -0.25) is 9.59 Å². The summed E-state index contributed by atoms with van der Waals surface area (Å²) in [5.41, 5.74) is 0. The fraction of sp³-hybridized carbons (Fsp3) is 0.538. The van der Waals surface area contributed by atoms with Gasteiger partial charge >= 0.3 is 11.9 Å². The average Bonchev–Trinajstić information content (AvgIpc) is 2.28. The Morgan fingerprint density at radius 1 is 1.00 bits per heavy atom. The molecular weight excluding hydrogens is 220 g/mol. The molecule has 4 heteroatoms. The molecule has 0 aliphatic carbocycles. The van der Waals surface area contributed by atoms with E-state index in [2.05, 4.69) is 11.8 Å². The lowest BCUT2D eigenvalue weighted by atomic mass is 10.2. The molecule has 92 valence electrons. The highest BCUT2D eigenvalue weighted by atomic mass is 16.5. The zero-order valence-corrected chi connectivity index (χ0v) is 10.1. The van der Waals surface area contributed by atoms with E-state index in [1.165, 1.54) is 0 Å². The van der Waals surface area contributed by atoms with E-state index in [0.29, 0.717) is 6.42 Å². The lowest BCUT2D eigenvalue weighted by molar-refractivity contribution is -0.147. The second-order valence-electron chi connectivity index (χ2n) is 3.45. The Balaban J connectivity index is 3.71. The summed E-state index contributed by atoms with van der Waals surface area (Å²) in [5.74, 6) is 3.70. The number of hydrogen-bond donors (Lipinski definition) is 0. The Morgan fingerprint density at radius 2 is 1.35 bits per heavy atom. The minimum absolute atomic E-state index is 0.131. The Hall–Kier alpha value is -1.94. The van der Waals surface area contributed by atoms with Crippen molar-refractivity contribution < 1.29 is 19.1 Å². The van der Waals surface area contributed by atoms with Crippen LogP contribution in [0, 0.1) is 24.7 Å². The lowest BCUT2D eigenvalue weighted by Gasteiger charge is -2.08. The molecule has 0 aliphatic rings. The van der Waals surface area contributed by atoms with E-state index < -0.39 is 24.1 Å². The van der Waals surface area contributed by atoms with Gasteiger partial charge in [0.15, 0.2) is 12.2 Å². The van der Waals surface area contributed by atoms with Gasteiger partial charge in [0, 0.05) is 12.8 Å². The summed E-state index contributed by atoms with van der Waals surface area (Å²) in [6.07, 6.45) is 9.62. The summed E-state index contributed by atoms with van der Waals surface area (Å²) in [6.45, 7) is 3.20. The SMILES string of the molecule is C#CC(C)OC(=O)CCCC(=O)OC(C)C#C. The number of rotatable bonds is 6. The minimum Gasteiger partial charge on any atom is -0.449 e. The van der Waals surface area contributed by atoms with E-state index in [0.717, 1.165) is 0 Å². The molecule has 0 fully saturated rings. The van der Waals surface area contributed by atoms with Crippen molar-refractivity contribution in [3.05, 3.63) is 0 Å². The van der Waals surface area contributed by atoms with Crippen LogP contribution in [0.1, 0.15) is 33.1 Å². The van der Waals surface area contributed by atoms with Gasteiger partial charge in [-0.15, -0.1) is 12.8 Å². The maximum absolute atomic E-state index is 11.2. The van der Waals surface area contributed by atoms with Crippen molar-refractivity contribution in [3.63, 3.8) is 0 Å². The molecule has 0 rings (SSSR count). The number of carbonyl (C=O) groups excluding carboxylic acids is 2. The number of ether oxygens (including phenoxy) is 2. The summed E-state index contributed by atoms with van der Waals surface area (Å²) < 4.78 is 9.65. The van der Waals surface area contributed by atoms with E-state index >= 15 is 0 Å². The van der Waals surface area contributed by atoms with E-state index in [1.54, 1.807) is 13.8 Å². The van der Waals surface area contributed by atoms with Crippen LogP contribution in [-0.4, -0.2) is 24.1 Å². The highest BCUT2D eigenvalue weighted by molar-refractivity contribution is 5.73. The van der Waals surface area contributed by atoms with Gasteiger partial charge in [-0.2, -0.15) is 0 Å². The zero-order valence-electron chi connectivity index (χ0n) is 10.1. The van der Waals surface area contributed by atoms with Gasteiger partial charge in [-0.1, -0.05) is 11.8 Å². The molecule has 0 aromatic heterocycles. The highest BCUT2D eigenvalue weighted by Gasteiger charge is 2.10. The fourth-order valence-corrected chi connectivity index (χ4v) is 0.957. The molecule has 0 amide bonds. The van der Waals surface area contributed by atoms with Crippen molar-refractivity contribution in [3.8, 4) is 24.7 Å². The second kappa shape index (κ2) is 8.24. The van der Waals surface area contributed by atoms with E-state index in [1.807, 2.05) is 0 Å². The lowest BCUT2D eigenvalue weighted by Crippen LogP contribution is -2.15. The third-order valence-corrected chi connectivity index (χ3v) is 1.85.